The second-order valence-corrected chi connectivity index (χ2v) is 12.9. The molecule has 2 N–H and O–H groups in total. The monoisotopic (exact) mass is 677 g/mol. The number of carbonyl (C=O) groups excluding carboxylic acids is 4. The van der Waals surface area contributed by atoms with Gasteiger partial charge in [0.05, 0.1) is 0 Å². The van der Waals surface area contributed by atoms with Crippen molar-refractivity contribution in [1.82, 2.24) is 10.6 Å². The van der Waals surface area contributed by atoms with Crippen LogP contribution in [0.1, 0.15) is 206 Å². The number of aliphatic carboxylic acids is 2. The number of unbranched alkanes of at least 4 members (excludes halogenated alkanes) is 24. The zero-order valence-electron chi connectivity index (χ0n) is 30.8. The Balaban J connectivity index is -0.000000807. The Hall–Kier alpha value is -1.35. The summed E-state index contributed by atoms with van der Waals surface area (Å²) in [6.07, 6.45) is 34.3. The van der Waals surface area contributed by atoms with Crippen molar-refractivity contribution in [3.05, 3.63) is 0 Å². The van der Waals surface area contributed by atoms with Gasteiger partial charge in [-0.1, -0.05) is 168 Å². The average molecular weight is 677 g/mol. The largest absolute Gasteiger partial charge is 2.00 e. The molecule has 0 fully saturated rings. The van der Waals surface area contributed by atoms with Crippen LogP contribution in [0, 0.1) is 0 Å². The Morgan fingerprint density at radius 3 is 0.787 bits per heavy atom. The normalized spacial score (nSPS) is 10.4. The summed E-state index contributed by atoms with van der Waals surface area (Å²) in [5.41, 5.74) is 0. The van der Waals surface area contributed by atoms with Crippen molar-refractivity contribution >= 4 is 46.8 Å². The van der Waals surface area contributed by atoms with E-state index in [9.17, 15) is 29.4 Å². The summed E-state index contributed by atoms with van der Waals surface area (Å²) in [6.45, 7) is 4.87. The van der Waals surface area contributed by atoms with Crippen LogP contribution in [0.25, 0.3) is 0 Å². The van der Waals surface area contributed by atoms with Gasteiger partial charge in [0.15, 0.2) is 0 Å². The van der Waals surface area contributed by atoms with Crippen LogP contribution in [0.3, 0.4) is 0 Å². The number of amides is 2. The fourth-order valence-electron chi connectivity index (χ4n) is 5.39. The first-order valence-electron chi connectivity index (χ1n) is 19.3. The van der Waals surface area contributed by atoms with Crippen LogP contribution in [0.2, 0.25) is 0 Å². The van der Waals surface area contributed by atoms with E-state index in [1.807, 2.05) is 0 Å². The quantitative estimate of drug-likeness (QED) is 0.0552. The predicted octanol–water partition coefficient (Wildman–Crippen LogP) is 7.07. The van der Waals surface area contributed by atoms with Crippen LogP contribution < -0.4 is 20.8 Å². The molecule has 272 valence electrons. The van der Waals surface area contributed by atoms with Gasteiger partial charge in [-0.05, 0) is 12.8 Å². The molecular formula is C38H72MgN2O6. The van der Waals surface area contributed by atoms with Crippen molar-refractivity contribution in [3.8, 4) is 0 Å². The molecule has 0 aliphatic rings. The van der Waals surface area contributed by atoms with E-state index in [1.54, 1.807) is 0 Å². The molecule has 0 aromatic carbocycles. The summed E-state index contributed by atoms with van der Waals surface area (Å²) in [5.74, 6) is -2.33. The van der Waals surface area contributed by atoms with Crippen LogP contribution >= 0.6 is 0 Å². The van der Waals surface area contributed by atoms with Gasteiger partial charge in [0.2, 0.25) is 11.8 Å². The van der Waals surface area contributed by atoms with E-state index in [-0.39, 0.29) is 60.8 Å². The Kier molecular flexibility index (Phi) is 45.4. The smallest absolute Gasteiger partial charge is 0.550 e. The molecule has 0 heterocycles. The summed E-state index contributed by atoms with van der Waals surface area (Å²) >= 11 is 0. The number of rotatable bonds is 34. The summed E-state index contributed by atoms with van der Waals surface area (Å²) in [5, 5.41) is 25.6. The zero-order valence-corrected chi connectivity index (χ0v) is 32.2. The van der Waals surface area contributed by atoms with E-state index in [1.165, 1.54) is 141 Å². The summed E-state index contributed by atoms with van der Waals surface area (Å²) < 4.78 is 0. The van der Waals surface area contributed by atoms with E-state index in [0.29, 0.717) is 12.8 Å². The van der Waals surface area contributed by atoms with E-state index in [4.69, 9.17) is 0 Å². The maximum absolute atomic E-state index is 11.4. The van der Waals surface area contributed by atoms with Crippen molar-refractivity contribution < 1.29 is 29.4 Å². The van der Waals surface area contributed by atoms with Gasteiger partial charge in [-0.2, -0.15) is 0 Å². The molecule has 0 saturated heterocycles. The predicted molar refractivity (Wildman–Crippen MR) is 192 cm³/mol. The molecule has 0 unspecified atom stereocenters. The number of carboxylic acids is 2. The van der Waals surface area contributed by atoms with Gasteiger partial charge in [0.1, 0.15) is 0 Å². The molecule has 0 aliphatic carbocycles. The Labute approximate surface area is 305 Å². The molecule has 0 aromatic rings. The Bertz CT molecular complexity index is 650. The van der Waals surface area contributed by atoms with Gasteiger partial charge < -0.3 is 30.4 Å². The third-order valence-electron chi connectivity index (χ3n) is 8.32. The number of carboxylic acid groups (broad SMARTS) is 2. The molecule has 0 bridgehead atoms. The van der Waals surface area contributed by atoms with Gasteiger partial charge in [-0.15, -0.1) is 0 Å². The molecule has 9 heteroatoms. The van der Waals surface area contributed by atoms with E-state index in [0.717, 1.165) is 25.7 Å². The number of hydrogen-bond acceptors (Lipinski definition) is 6. The van der Waals surface area contributed by atoms with Crippen molar-refractivity contribution in [2.45, 2.75) is 206 Å². The van der Waals surface area contributed by atoms with Gasteiger partial charge in [-0.3, -0.25) is 9.59 Å². The van der Waals surface area contributed by atoms with Crippen LogP contribution in [-0.4, -0.2) is 59.9 Å². The fraction of sp³-hybridized carbons (Fsp3) is 0.895. The third kappa shape index (κ3) is 49.1. The zero-order chi connectivity index (χ0) is 34.4. The second-order valence-electron chi connectivity index (χ2n) is 12.9. The minimum Gasteiger partial charge on any atom is -0.550 e. The third-order valence-corrected chi connectivity index (χ3v) is 8.32. The minimum atomic E-state index is -1.12. The van der Waals surface area contributed by atoms with Crippen LogP contribution in [0.4, 0.5) is 0 Å². The van der Waals surface area contributed by atoms with Gasteiger partial charge in [0, 0.05) is 50.7 Å². The van der Waals surface area contributed by atoms with Crippen molar-refractivity contribution in [3.63, 3.8) is 0 Å². The first kappa shape index (κ1) is 50.0. The van der Waals surface area contributed by atoms with E-state index >= 15 is 0 Å². The number of nitrogens with one attached hydrogen (secondary N) is 2. The maximum Gasteiger partial charge on any atom is 2.00 e. The molecule has 0 aliphatic heterocycles. The molecule has 47 heavy (non-hydrogen) atoms. The molecule has 0 aromatic heterocycles. The molecule has 2 amide bonds. The summed E-state index contributed by atoms with van der Waals surface area (Å²) in [7, 11) is 0. The van der Waals surface area contributed by atoms with Crippen molar-refractivity contribution in [2.75, 3.05) is 13.1 Å². The molecule has 0 saturated carbocycles. The SMILES string of the molecule is CCCCCCCCCCCCCCCC(=O)NCCC(=O)[O-].CCCCCCCCCCCCCCCC(=O)NCCC(=O)[O-].[Mg+2]. The van der Waals surface area contributed by atoms with Crippen LogP contribution in [0.15, 0.2) is 0 Å². The average Bonchev–Trinajstić information content (AvgIpc) is 3.01. The maximum atomic E-state index is 11.4. The summed E-state index contributed by atoms with van der Waals surface area (Å²) in [6, 6.07) is 0. The van der Waals surface area contributed by atoms with Gasteiger partial charge in [-0.25, -0.2) is 0 Å². The standard InChI is InChI=1S/2C19H37NO3.Mg/c2*1-2-3-4-5-6-7-8-9-10-11-12-13-14-15-18(21)20-17-16-19(22)23;/h2*2-17H2,1H3,(H,20,21)(H,22,23);/q;;+2/p-2. The first-order chi connectivity index (χ1) is 22.3. The van der Waals surface area contributed by atoms with E-state index in [2.05, 4.69) is 24.5 Å². The van der Waals surface area contributed by atoms with Gasteiger partial charge in [0.25, 0.3) is 0 Å². The fourth-order valence-corrected chi connectivity index (χ4v) is 5.39. The van der Waals surface area contributed by atoms with Crippen LogP contribution in [-0.2, 0) is 19.2 Å². The van der Waals surface area contributed by atoms with Gasteiger partial charge >= 0.3 is 23.1 Å². The molecule has 0 radical (unpaired) electrons. The molecule has 8 nitrogen and oxygen atoms in total. The molecule has 0 spiro atoms. The first-order valence-corrected chi connectivity index (χ1v) is 19.3. The second kappa shape index (κ2) is 42.7. The number of hydrogen-bond donors (Lipinski definition) is 2. The summed E-state index contributed by atoms with van der Waals surface area (Å²) in [4.78, 5) is 43.2. The molecule has 0 rings (SSSR count). The minimum absolute atomic E-state index is 0. The topological polar surface area (TPSA) is 138 Å². The molecular weight excluding hydrogens is 605 g/mol. The van der Waals surface area contributed by atoms with Crippen molar-refractivity contribution in [2.24, 2.45) is 0 Å². The Morgan fingerprint density at radius 2 is 0.574 bits per heavy atom. The molecule has 0 atom stereocenters. The van der Waals surface area contributed by atoms with E-state index < -0.39 is 11.9 Å². The Morgan fingerprint density at radius 1 is 0.362 bits per heavy atom. The number of carbonyl (C=O) groups is 4. The van der Waals surface area contributed by atoms with Crippen molar-refractivity contribution in [1.29, 1.82) is 0 Å². The van der Waals surface area contributed by atoms with Crippen LogP contribution in [0.5, 0.6) is 0 Å².